The Balaban J connectivity index is 0.000000347. The first-order chi connectivity index (χ1) is 9.42. The van der Waals surface area contributed by atoms with Gasteiger partial charge in [-0.15, -0.1) is 0 Å². The van der Waals surface area contributed by atoms with Crippen LogP contribution in [-0.4, -0.2) is 13.0 Å². The number of rotatable bonds is 3. The quantitative estimate of drug-likeness (QED) is 0.423. The first-order valence-electron chi connectivity index (χ1n) is 6.10. The van der Waals surface area contributed by atoms with Gasteiger partial charge in [0.05, 0.1) is 10.9 Å². The smallest absolute Gasteiger partial charge is 0.418 e. The standard InChI is InChI=1S/C14H15S.BF4/c1-2-15(13-9-5-3-6-10-13)14-11-7-4-8-12-14;2-1(3,4)5/h3-12H,2H2,1H3;/q+1;-1. The van der Waals surface area contributed by atoms with Gasteiger partial charge in [0, 0.05) is 0 Å². The van der Waals surface area contributed by atoms with Crippen molar-refractivity contribution in [1.82, 2.24) is 0 Å². The summed E-state index contributed by atoms with van der Waals surface area (Å²) in [6, 6.07) is 21.5. The second kappa shape index (κ2) is 7.99. The van der Waals surface area contributed by atoms with E-state index in [9.17, 15) is 17.3 Å². The van der Waals surface area contributed by atoms with Crippen molar-refractivity contribution in [2.24, 2.45) is 0 Å². The van der Waals surface area contributed by atoms with Gasteiger partial charge in [-0.05, 0) is 31.2 Å². The van der Waals surface area contributed by atoms with Crippen molar-refractivity contribution in [3.05, 3.63) is 60.7 Å². The summed E-state index contributed by atoms with van der Waals surface area (Å²) in [7, 11) is -5.76. The average Bonchev–Trinajstić information content (AvgIpc) is 2.40. The van der Waals surface area contributed by atoms with Gasteiger partial charge >= 0.3 is 7.25 Å². The molecule has 0 aliphatic heterocycles. The second-order valence-electron chi connectivity index (χ2n) is 3.80. The number of hydrogen-bond acceptors (Lipinski definition) is 0. The summed E-state index contributed by atoms with van der Waals surface area (Å²) < 4.78 is 39.0. The van der Waals surface area contributed by atoms with E-state index < -0.39 is 7.25 Å². The normalized spacial score (nSPS) is 10.9. The molecule has 0 radical (unpaired) electrons. The van der Waals surface area contributed by atoms with Crippen LogP contribution < -0.4 is 0 Å². The Bertz CT molecular complexity index is 442. The van der Waals surface area contributed by atoms with E-state index in [0.29, 0.717) is 0 Å². The zero-order chi connectivity index (χ0) is 15.0. The maximum atomic E-state index is 9.75. The molecular formula is C14H15BF4S. The molecular weight excluding hydrogens is 287 g/mol. The fourth-order valence-electron chi connectivity index (χ4n) is 1.64. The molecule has 2 rings (SSSR count). The van der Waals surface area contributed by atoms with E-state index in [4.69, 9.17) is 0 Å². The van der Waals surface area contributed by atoms with Crippen LogP contribution in [-0.2, 0) is 10.9 Å². The topological polar surface area (TPSA) is 0 Å². The molecule has 2 aromatic rings. The number of halogens is 4. The Labute approximate surface area is 119 Å². The van der Waals surface area contributed by atoms with Crippen molar-refractivity contribution in [3.63, 3.8) is 0 Å². The van der Waals surface area contributed by atoms with E-state index in [0.717, 1.165) is 0 Å². The van der Waals surface area contributed by atoms with Crippen molar-refractivity contribution in [1.29, 1.82) is 0 Å². The summed E-state index contributed by atoms with van der Waals surface area (Å²) in [5, 5.41) is 0. The van der Waals surface area contributed by atoms with E-state index >= 15 is 0 Å². The van der Waals surface area contributed by atoms with Gasteiger partial charge in [0.2, 0.25) is 0 Å². The van der Waals surface area contributed by atoms with Crippen LogP contribution in [0.3, 0.4) is 0 Å². The summed E-state index contributed by atoms with van der Waals surface area (Å²) in [6.07, 6.45) is 0. The fourth-order valence-corrected chi connectivity index (χ4v) is 3.55. The fraction of sp³-hybridized carbons (Fsp3) is 0.143. The highest BCUT2D eigenvalue weighted by molar-refractivity contribution is 7.97. The summed E-state index contributed by atoms with van der Waals surface area (Å²) in [5.41, 5.74) is 0. The highest BCUT2D eigenvalue weighted by atomic mass is 32.2. The summed E-state index contributed by atoms with van der Waals surface area (Å²) >= 11 is 0. The minimum absolute atomic E-state index is 0.242. The maximum Gasteiger partial charge on any atom is 0.673 e. The van der Waals surface area contributed by atoms with Gasteiger partial charge in [0.1, 0.15) is 5.75 Å². The van der Waals surface area contributed by atoms with Crippen LogP contribution in [0.25, 0.3) is 0 Å². The first kappa shape index (κ1) is 16.6. The molecule has 6 heteroatoms. The Morgan fingerprint density at radius 3 is 1.30 bits per heavy atom. The predicted molar refractivity (Wildman–Crippen MR) is 77.5 cm³/mol. The van der Waals surface area contributed by atoms with E-state index in [1.807, 2.05) is 0 Å². The first-order valence-corrected chi connectivity index (χ1v) is 7.49. The van der Waals surface area contributed by atoms with E-state index in [1.54, 1.807) is 0 Å². The molecule has 0 bridgehead atoms. The van der Waals surface area contributed by atoms with Crippen molar-refractivity contribution < 1.29 is 17.3 Å². The van der Waals surface area contributed by atoms with E-state index in [-0.39, 0.29) is 10.9 Å². The zero-order valence-corrected chi connectivity index (χ0v) is 11.8. The Kier molecular flexibility index (Phi) is 6.65. The van der Waals surface area contributed by atoms with Gasteiger partial charge in [0.15, 0.2) is 9.79 Å². The molecule has 0 atom stereocenters. The van der Waals surface area contributed by atoms with Crippen LogP contribution in [0.15, 0.2) is 70.5 Å². The Hall–Kier alpha value is -1.43. The number of hydrogen-bond donors (Lipinski definition) is 0. The lowest BCUT2D eigenvalue weighted by molar-refractivity contribution is 0.368. The lowest BCUT2D eigenvalue weighted by Gasteiger charge is -2.04. The molecule has 0 aliphatic rings. The number of benzene rings is 2. The lowest BCUT2D eigenvalue weighted by Crippen LogP contribution is -2.05. The minimum Gasteiger partial charge on any atom is -0.418 e. The Morgan fingerprint density at radius 1 is 0.750 bits per heavy atom. The highest BCUT2D eigenvalue weighted by Gasteiger charge is 2.21. The Morgan fingerprint density at radius 2 is 1.05 bits per heavy atom. The van der Waals surface area contributed by atoms with Crippen molar-refractivity contribution in [3.8, 4) is 0 Å². The molecule has 0 saturated carbocycles. The van der Waals surface area contributed by atoms with Crippen LogP contribution in [0.2, 0.25) is 0 Å². The minimum atomic E-state index is -6.00. The van der Waals surface area contributed by atoms with Gasteiger partial charge in [-0.1, -0.05) is 36.4 Å². The average molecular weight is 302 g/mol. The van der Waals surface area contributed by atoms with Crippen LogP contribution in [0.1, 0.15) is 6.92 Å². The highest BCUT2D eigenvalue weighted by Crippen LogP contribution is 2.22. The van der Waals surface area contributed by atoms with Crippen LogP contribution in [0.5, 0.6) is 0 Å². The SMILES string of the molecule is CC[S+](c1ccccc1)c1ccccc1.F[B-](F)(F)F. The molecule has 0 unspecified atom stereocenters. The molecule has 0 aromatic heterocycles. The van der Waals surface area contributed by atoms with Crippen molar-refractivity contribution >= 4 is 18.1 Å². The molecule has 0 heterocycles. The second-order valence-corrected chi connectivity index (χ2v) is 6.10. The van der Waals surface area contributed by atoms with Crippen molar-refractivity contribution in [2.75, 3.05) is 5.75 Å². The molecule has 20 heavy (non-hydrogen) atoms. The monoisotopic (exact) mass is 302 g/mol. The van der Waals surface area contributed by atoms with Gasteiger partial charge in [-0.3, -0.25) is 0 Å². The van der Waals surface area contributed by atoms with Gasteiger partial charge < -0.3 is 17.3 Å². The third-order valence-electron chi connectivity index (χ3n) is 2.34. The molecule has 0 nitrogen and oxygen atoms in total. The van der Waals surface area contributed by atoms with E-state index in [2.05, 4.69) is 67.6 Å². The van der Waals surface area contributed by atoms with Gasteiger partial charge in [0.25, 0.3) is 0 Å². The summed E-state index contributed by atoms with van der Waals surface area (Å²) in [5.74, 6) is 1.17. The summed E-state index contributed by atoms with van der Waals surface area (Å²) in [6.45, 7) is 2.25. The lowest BCUT2D eigenvalue weighted by atomic mass is 10.3. The van der Waals surface area contributed by atoms with Gasteiger partial charge in [-0.25, -0.2) is 0 Å². The molecule has 0 N–H and O–H groups in total. The third-order valence-corrected chi connectivity index (χ3v) is 4.60. The van der Waals surface area contributed by atoms with Crippen molar-refractivity contribution in [2.45, 2.75) is 16.7 Å². The van der Waals surface area contributed by atoms with Crippen LogP contribution in [0.4, 0.5) is 17.3 Å². The third kappa shape index (κ3) is 6.66. The molecule has 0 saturated heterocycles. The van der Waals surface area contributed by atoms with E-state index in [1.165, 1.54) is 15.5 Å². The molecule has 0 fully saturated rings. The van der Waals surface area contributed by atoms with Gasteiger partial charge in [-0.2, -0.15) is 0 Å². The molecule has 108 valence electrons. The zero-order valence-electron chi connectivity index (χ0n) is 11.0. The molecule has 2 aromatic carbocycles. The molecule has 0 aliphatic carbocycles. The maximum absolute atomic E-state index is 9.75. The molecule has 0 amide bonds. The van der Waals surface area contributed by atoms with Crippen LogP contribution in [0, 0.1) is 0 Å². The predicted octanol–water partition coefficient (Wildman–Crippen LogP) is 5.04. The largest absolute Gasteiger partial charge is 0.673 e. The molecule has 0 spiro atoms. The summed E-state index contributed by atoms with van der Waals surface area (Å²) in [4.78, 5) is 2.87. The van der Waals surface area contributed by atoms with Crippen LogP contribution >= 0.6 is 0 Å².